The number of hydrogen-bond donors (Lipinski definition) is 0. The van der Waals surface area contributed by atoms with Gasteiger partial charge in [0.1, 0.15) is 5.58 Å². The Balaban J connectivity index is 2.35. The van der Waals surface area contributed by atoms with Crippen molar-refractivity contribution in [2.24, 2.45) is 0 Å². The van der Waals surface area contributed by atoms with Crippen LogP contribution in [0.1, 0.15) is 0 Å². The molecule has 0 aliphatic rings. The third kappa shape index (κ3) is 1.54. The van der Waals surface area contributed by atoms with E-state index >= 15 is 0 Å². The van der Waals surface area contributed by atoms with Gasteiger partial charge in [0.2, 0.25) is 0 Å². The van der Waals surface area contributed by atoms with Gasteiger partial charge in [-0.1, -0.05) is 57.9 Å². The van der Waals surface area contributed by atoms with E-state index in [1.807, 2.05) is 24.3 Å². The van der Waals surface area contributed by atoms with Crippen LogP contribution in [0.5, 0.6) is 0 Å². The van der Waals surface area contributed by atoms with Crippen LogP contribution in [0.2, 0.25) is 5.02 Å². The SMILES string of the molecule is Clc1ccc(Br)c2c1oc1c3ccccc3ccc12. The fourth-order valence-corrected chi connectivity index (χ4v) is 3.26. The maximum absolute atomic E-state index is 6.24. The number of furan rings is 1. The molecule has 0 spiro atoms. The van der Waals surface area contributed by atoms with Crippen molar-refractivity contribution in [2.75, 3.05) is 0 Å². The monoisotopic (exact) mass is 330 g/mol. The molecule has 4 rings (SSSR count). The smallest absolute Gasteiger partial charge is 0.155 e. The van der Waals surface area contributed by atoms with Crippen LogP contribution in [-0.2, 0) is 0 Å². The zero-order chi connectivity index (χ0) is 13.0. The topological polar surface area (TPSA) is 13.1 Å². The third-order valence-electron chi connectivity index (χ3n) is 3.41. The Kier molecular flexibility index (Phi) is 2.38. The summed E-state index contributed by atoms with van der Waals surface area (Å²) in [6.07, 6.45) is 0. The van der Waals surface area contributed by atoms with Gasteiger partial charge in [0.05, 0.1) is 5.02 Å². The van der Waals surface area contributed by atoms with Crippen molar-refractivity contribution >= 4 is 60.2 Å². The van der Waals surface area contributed by atoms with E-state index < -0.39 is 0 Å². The summed E-state index contributed by atoms with van der Waals surface area (Å²) < 4.78 is 7.02. The molecule has 0 radical (unpaired) electrons. The third-order valence-corrected chi connectivity index (χ3v) is 4.37. The fourth-order valence-electron chi connectivity index (χ4n) is 2.54. The second-order valence-electron chi connectivity index (χ2n) is 4.50. The molecule has 1 heterocycles. The molecule has 0 saturated heterocycles. The van der Waals surface area contributed by atoms with Crippen LogP contribution in [0, 0.1) is 0 Å². The maximum Gasteiger partial charge on any atom is 0.155 e. The van der Waals surface area contributed by atoms with Crippen molar-refractivity contribution in [1.29, 1.82) is 0 Å². The summed E-state index contributed by atoms with van der Waals surface area (Å²) in [4.78, 5) is 0. The Morgan fingerprint density at radius 2 is 1.68 bits per heavy atom. The molecule has 0 bridgehead atoms. The molecule has 1 nitrogen and oxygen atoms in total. The molecule has 3 heteroatoms. The Labute approximate surface area is 122 Å². The molecule has 0 N–H and O–H groups in total. The van der Waals surface area contributed by atoms with Crippen LogP contribution in [0.4, 0.5) is 0 Å². The lowest BCUT2D eigenvalue weighted by atomic mass is 10.1. The van der Waals surface area contributed by atoms with Crippen molar-refractivity contribution in [1.82, 2.24) is 0 Å². The van der Waals surface area contributed by atoms with Crippen molar-refractivity contribution in [2.45, 2.75) is 0 Å². The lowest BCUT2D eigenvalue weighted by Gasteiger charge is -1.97. The second-order valence-corrected chi connectivity index (χ2v) is 5.76. The zero-order valence-corrected chi connectivity index (χ0v) is 12.1. The summed E-state index contributed by atoms with van der Waals surface area (Å²) in [6, 6.07) is 16.2. The predicted octanol–water partition coefficient (Wildman–Crippen LogP) is 6.16. The highest BCUT2D eigenvalue weighted by atomic mass is 79.9. The van der Waals surface area contributed by atoms with E-state index in [4.69, 9.17) is 16.0 Å². The Hall–Kier alpha value is -1.51. The van der Waals surface area contributed by atoms with E-state index in [0.29, 0.717) is 5.02 Å². The van der Waals surface area contributed by atoms with E-state index in [2.05, 4.69) is 40.2 Å². The molecule has 0 amide bonds. The van der Waals surface area contributed by atoms with Crippen LogP contribution in [-0.4, -0.2) is 0 Å². The van der Waals surface area contributed by atoms with E-state index in [0.717, 1.165) is 31.8 Å². The first kappa shape index (κ1) is 11.3. The minimum atomic E-state index is 0.637. The highest BCUT2D eigenvalue weighted by Gasteiger charge is 2.14. The van der Waals surface area contributed by atoms with Gasteiger partial charge in [-0.3, -0.25) is 0 Å². The van der Waals surface area contributed by atoms with Crippen molar-refractivity contribution < 1.29 is 4.42 Å². The first-order valence-corrected chi connectivity index (χ1v) is 7.11. The average Bonchev–Trinajstić information content (AvgIpc) is 2.84. The molecule has 3 aromatic carbocycles. The molecule has 92 valence electrons. The standard InChI is InChI=1S/C16H8BrClO/c17-12-7-8-13(18)16-14(12)11-6-5-9-3-1-2-4-10(9)15(11)19-16/h1-8H. The Morgan fingerprint density at radius 3 is 2.58 bits per heavy atom. The minimum Gasteiger partial charge on any atom is -0.454 e. The first-order valence-electron chi connectivity index (χ1n) is 5.93. The Bertz CT molecular complexity index is 940. The van der Waals surface area contributed by atoms with E-state index in [1.165, 1.54) is 5.39 Å². The van der Waals surface area contributed by atoms with Crippen LogP contribution in [0.25, 0.3) is 32.7 Å². The molecular formula is C16H8BrClO. The Morgan fingerprint density at radius 1 is 0.842 bits per heavy atom. The van der Waals surface area contributed by atoms with Gasteiger partial charge >= 0.3 is 0 Å². The fraction of sp³-hybridized carbons (Fsp3) is 0. The van der Waals surface area contributed by atoms with Gasteiger partial charge in [0.25, 0.3) is 0 Å². The summed E-state index contributed by atoms with van der Waals surface area (Å²) >= 11 is 9.81. The summed E-state index contributed by atoms with van der Waals surface area (Å²) in [5, 5.41) is 5.04. The summed E-state index contributed by atoms with van der Waals surface area (Å²) in [6.45, 7) is 0. The molecule has 0 fully saturated rings. The zero-order valence-electron chi connectivity index (χ0n) is 9.78. The van der Waals surface area contributed by atoms with Gasteiger partial charge in [-0.05, 0) is 23.6 Å². The molecule has 19 heavy (non-hydrogen) atoms. The quantitative estimate of drug-likeness (QED) is 0.376. The number of halogens is 2. The van der Waals surface area contributed by atoms with Gasteiger partial charge in [-0.15, -0.1) is 0 Å². The summed E-state index contributed by atoms with van der Waals surface area (Å²) in [5.41, 5.74) is 1.63. The van der Waals surface area contributed by atoms with Crippen LogP contribution < -0.4 is 0 Å². The normalized spacial score (nSPS) is 11.7. The number of benzene rings is 3. The predicted molar refractivity (Wildman–Crippen MR) is 83.9 cm³/mol. The highest BCUT2D eigenvalue weighted by Crippen LogP contribution is 2.40. The van der Waals surface area contributed by atoms with E-state index in [-0.39, 0.29) is 0 Å². The summed E-state index contributed by atoms with van der Waals surface area (Å²) in [7, 11) is 0. The lowest BCUT2D eigenvalue weighted by molar-refractivity contribution is 0.672. The van der Waals surface area contributed by atoms with Gasteiger partial charge in [0, 0.05) is 20.6 Å². The molecular weight excluding hydrogens is 324 g/mol. The van der Waals surface area contributed by atoms with Crippen molar-refractivity contribution in [3.63, 3.8) is 0 Å². The molecule has 0 unspecified atom stereocenters. The van der Waals surface area contributed by atoms with E-state index in [9.17, 15) is 0 Å². The van der Waals surface area contributed by atoms with Crippen molar-refractivity contribution in [3.8, 4) is 0 Å². The average molecular weight is 332 g/mol. The molecule has 1 aromatic heterocycles. The lowest BCUT2D eigenvalue weighted by Crippen LogP contribution is -1.73. The molecule has 0 aliphatic heterocycles. The minimum absolute atomic E-state index is 0.637. The second kappa shape index (κ2) is 3.99. The van der Waals surface area contributed by atoms with Crippen LogP contribution in [0.15, 0.2) is 57.4 Å². The largest absolute Gasteiger partial charge is 0.454 e. The summed E-state index contributed by atoms with van der Waals surface area (Å²) in [5.74, 6) is 0. The molecule has 4 aromatic rings. The van der Waals surface area contributed by atoms with Crippen LogP contribution >= 0.6 is 27.5 Å². The van der Waals surface area contributed by atoms with Crippen LogP contribution in [0.3, 0.4) is 0 Å². The van der Waals surface area contributed by atoms with E-state index in [1.54, 1.807) is 0 Å². The molecule has 0 saturated carbocycles. The molecule has 0 atom stereocenters. The van der Waals surface area contributed by atoms with Crippen molar-refractivity contribution in [3.05, 3.63) is 58.0 Å². The van der Waals surface area contributed by atoms with Gasteiger partial charge < -0.3 is 4.42 Å². The highest BCUT2D eigenvalue weighted by molar-refractivity contribution is 9.10. The maximum atomic E-state index is 6.24. The number of hydrogen-bond acceptors (Lipinski definition) is 1. The van der Waals surface area contributed by atoms with Gasteiger partial charge in [-0.2, -0.15) is 0 Å². The van der Waals surface area contributed by atoms with Gasteiger partial charge in [0.15, 0.2) is 5.58 Å². The van der Waals surface area contributed by atoms with Gasteiger partial charge in [-0.25, -0.2) is 0 Å². The first-order chi connectivity index (χ1) is 9.25. The number of rotatable bonds is 0. The number of fused-ring (bicyclic) bond motifs is 5. The molecule has 0 aliphatic carbocycles.